The van der Waals surface area contributed by atoms with Gasteiger partial charge in [-0.1, -0.05) is 18.2 Å². The first-order valence-electron chi connectivity index (χ1n) is 7.73. The van der Waals surface area contributed by atoms with Crippen LogP contribution in [0.1, 0.15) is 21.8 Å². The van der Waals surface area contributed by atoms with E-state index in [4.69, 9.17) is 0 Å². The standard InChI is InChI=1S/C18H19N3O/c1-21-10-14-9-20-18(22)16-7-12(13-3-2-6-19-8-13)4-5-15(16)17(14)11-21/h2-8,14,17H,9-11H2,1H3,(H,20,22)/t14-,17-/m0/s1. The molecule has 4 heteroatoms. The van der Waals surface area contributed by atoms with Gasteiger partial charge >= 0.3 is 0 Å². The lowest BCUT2D eigenvalue weighted by Gasteiger charge is -2.17. The first-order valence-corrected chi connectivity index (χ1v) is 7.73. The van der Waals surface area contributed by atoms with E-state index in [0.717, 1.165) is 36.3 Å². The number of hydrogen-bond donors (Lipinski definition) is 1. The second kappa shape index (κ2) is 5.21. The molecule has 1 fully saturated rings. The van der Waals surface area contributed by atoms with Gasteiger partial charge in [0.2, 0.25) is 0 Å². The van der Waals surface area contributed by atoms with Gasteiger partial charge in [-0.25, -0.2) is 0 Å². The van der Waals surface area contributed by atoms with Crippen LogP contribution in [0.15, 0.2) is 42.7 Å². The molecular formula is C18H19N3O. The van der Waals surface area contributed by atoms with E-state index in [1.165, 1.54) is 5.56 Å². The van der Waals surface area contributed by atoms with Crippen LogP contribution in [0.5, 0.6) is 0 Å². The molecule has 112 valence electrons. The number of aromatic nitrogens is 1. The molecule has 22 heavy (non-hydrogen) atoms. The van der Waals surface area contributed by atoms with Crippen molar-refractivity contribution < 1.29 is 4.79 Å². The number of amides is 1. The number of likely N-dealkylation sites (N-methyl/N-ethyl adjacent to an activating group) is 1. The number of likely N-dealkylation sites (tertiary alicyclic amines) is 1. The number of fused-ring (bicyclic) bond motifs is 3. The maximum absolute atomic E-state index is 12.5. The minimum Gasteiger partial charge on any atom is -0.352 e. The van der Waals surface area contributed by atoms with Gasteiger partial charge in [-0.15, -0.1) is 0 Å². The minimum atomic E-state index is 0.0535. The van der Waals surface area contributed by atoms with Gasteiger partial charge < -0.3 is 10.2 Å². The van der Waals surface area contributed by atoms with Gasteiger partial charge in [-0.05, 0) is 36.2 Å². The second-order valence-corrected chi connectivity index (χ2v) is 6.34. The Morgan fingerprint density at radius 2 is 2.14 bits per heavy atom. The van der Waals surface area contributed by atoms with Crippen molar-refractivity contribution in [3.8, 4) is 11.1 Å². The summed E-state index contributed by atoms with van der Waals surface area (Å²) in [5.74, 6) is 1.01. The van der Waals surface area contributed by atoms with Crippen LogP contribution >= 0.6 is 0 Å². The molecular weight excluding hydrogens is 274 g/mol. The highest BCUT2D eigenvalue weighted by atomic mass is 16.1. The second-order valence-electron chi connectivity index (χ2n) is 6.34. The molecule has 1 saturated heterocycles. The van der Waals surface area contributed by atoms with E-state index in [0.29, 0.717) is 11.8 Å². The topological polar surface area (TPSA) is 45.2 Å². The van der Waals surface area contributed by atoms with Crippen LogP contribution in [-0.4, -0.2) is 42.5 Å². The Bertz CT molecular complexity index is 714. The van der Waals surface area contributed by atoms with Crippen LogP contribution in [0, 0.1) is 5.92 Å². The van der Waals surface area contributed by atoms with Gasteiger partial charge in [0.1, 0.15) is 0 Å². The molecule has 1 aromatic carbocycles. The molecule has 0 unspecified atom stereocenters. The average Bonchev–Trinajstić information content (AvgIpc) is 2.88. The SMILES string of the molecule is CN1C[C@@H]2CNC(=O)c3cc(-c4cccnc4)ccc3[C@H]2C1. The minimum absolute atomic E-state index is 0.0535. The fraction of sp³-hybridized carbons (Fsp3) is 0.333. The maximum atomic E-state index is 12.5. The Balaban J connectivity index is 1.80. The van der Waals surface area contributed by atoms with Crippen molar-refractivity contribution in [1.29, 1.82) is 0 Å². The predicted molar refractivity (Wildman–Crippen MR) is 85.7 cm³/mol. The molecule has 2 atom stereocenters. The fourth-order valence-electron chi connectivity index (χ4n) is 3.75. The van der Waals surface area contributed by atoms with Crippen LogP contribution in [0.4, 0.5) is 0 Å². The lowest BCUT2D eigenvalue weighted by molar-refractivity contribution is 0.0951. The van der Waals surface area contributed by atoms with E-state index in [-0.39, 0.29) is 5.91 Å². The summed E-state index contributed by atoms with van der Waals surface area (Å²) in [5, 5.41) is 3.09. The molecule has 3 heterocycles. The molecule has 1 aromatic heterocycles. The van der Waals surface area contributed by atoms with Gasteiger partial charge in [-0.2, -0.15) is 0 Å². The Morgan fingerprint density at radius 1 is 1.23 bits per heavy atom. The van der Waals surface area contributed by atoms with Gasteiger partial charge in [0.15, 0.2) is 0 Å². The number of nitrogens with one attached hydrogen (secondary N) is 1. The summed E-state index contributed by atoms with van der Waals surface area (Å²) >= 11 is 0. The quantitative estimate of drug-likeness (QED) is 0.876. The Kier molecular flexibility index (Phi) is 3.19. The Morgan fingerprint density at radius 3 is 2.95 bits per heavy atom. The summed E-state index contributed by atoms with van der Waals surface area (Å²) in [4.78, 5) is 19.0. The first-order chi connectivity index (χ1) is 10.7. The fourth-order valence-corrected chi connectivity index (χ4v) is 3.75. The van der Waals surface area contributed by atoms with Crippen molar-refractivity contribution >= 4 is 5.91 Å². The molecule has 0 aliphatic carbocycles. The summed E-state index contributed by atoms with van der Waals surface area (Å²) in [6.07, 6.45) is 3.60. The summed E-state index contributed by atoms with van der Waals surface area (Å²) in [5.41, 5.74) is 4.11. The molecule has 0 spiro atoms. The zero-order chi connectivity index (χ0) is 15.1. The smallest absolute Gasteiger partial charge is 0.251 e. The molecule has 0 saturated carbocycles. The van der Waals surface area contributed by atoms with E-state index in [1.54, 1.807) is 6.20 Å². The van der Waals surface area contributed by atoms with Crippen molar-refractivity contribution in [3.63, 3.8) is 0 Å². The van der Waals surface area contributed by atoms with Crippen LogP contribution in [0.25, 0.3) is 11.1 Å². The number of rotatable bonds is 1. The van der Waals surface area contributed by atoms with E-state index in [2.05, 4.69) is 34.4 Å². The monoisotopic (exact) mass is 293 g/mol. The van der Waals surface area contributed by atoms with Crippen molar-refractivity contribution in [1.82, 2.24) is 15.2 Å². The molecule has 1 amide bonds. The summed E-state index contributed by atoms with van der Waals surface area (Å²) < 4.78 is 0. The first kappa shape index (κ1) is 13.5. The lowest BCUT2D eigenvalue weighted by atomic mass is 9.86. The molecule has 4 nitrogen and oxygen atoms in total. The normalized spacial score (nSPS) is 24.3. The van der Waals surface area contributed by atoms with Crippen LogP contribution < -0.4 is 5.32 Å². The largest absolute Gasteiger partial charge is 0.352 e. The van der Waals surface area contributed by atoms with Gasteiger partial charge in [0, 0.05) is 49.1 Å². The molecule has 1 N–H and O–H groups in total. The number of benzene rings is 1. The number of nitrogens with zero attached hydrogens (tertiary/aromatic N) is 2. The Labute approximate surface area is 130 Å². The summed E-state index contributed by atoms with van der Waals surface area (Å²) in [6.45, 7) is 2.85. The molecule has 4 rings (SSSR count). The van der Waals surface area contributed by atoms with E-state index in [1.807, 2.05) is 24.4 Å². The van der Waals surface area contributed by atoms with Crippen molar-refractivity contribution in [2.45, 2.75) is 5.92 Å². The molecule has 2 aliphatic rings. The average molecular weight is 293 g/mol. The highest BCUT2D eigenvalue weighted by molar-refractivity contribution is 5.97. The van der Waals surface area contributed by atoms with E-state index >= 15 is 0 Å². The van der Waals surface area contributed by atoms with Gasteiger partial charge in [0.05, 0.1) is 0 Å². The van der Waals surface area contributed by atoms with Crippen molar-refractivity contribution in [2.24, 2.45) is 5.92 Å². The Hall–Kier alpha value is -2.20. The van der Waals surface area contributed by atoms with Crippen LogP contribution in [-0.2, 0) is 0 Å². The van der Waals surface area contributed by atoms with Gasteiger partial charge in [-0.3, -0.25) is 9.78 Å². The van der Waals surface area contributed by atoms with Crippen LogP contribution in [0.2, 0.25) is 0 Å². The molecule has 0 radical (unpaired) electrons. The summed E-state index contributed by atoms with van der Waals surface area (Å²) in [7, 11) is 2.15. The number of carbonyl (C=O) groups is 1. The van der Waals surface area contributed by atoms with E-state index in [9.17, 15) is 4.79 Å². The molecule has 2 aliphatic heterocycles. The zero-order valence-corrected chi connectivity index (χ0v) is 12.6. The third kappa shape index (κ3) is 2.20. The number of pyridine rings is 1. The van der Waals surface area contributed by atoms with E-state index < -0.39 is 0 Å². The van der Waals surface area contributed by atoms with Crippen molar-refractivity contribution in [3.05, 3.63) is 53.9 Å². The van der Waals surface area contributed by atoms with Gasteiger partial charge in [0.25, 0.3) is 5.91 Å². The summed E-state index contributed by atoms with van der Waals surface area (Å²) in [6, 6.07) is 10.2. The third-order valence-corrected chi connectivity index (χ3v) is 4.84. The zero-order valence-electron chi connectivity index (χ0n) is 12.6. The van der Waals surface area contributed by atoms with Crippen molar-refractivity contribution in [2.75, 3.05) is 26.7 Å². The third-order valence-electron chi connectivity index (χ3n) is 4.84. The lowest BCUT2D eigenvalue weighted by Crippen LogP contribution is -2.29. The molecule has 2 aromatic rings. The maximum Gasteiger partial charge on any atom is 0.251 e. The number of carbonyl (C=O) groups excluding carboxylic acids is 1. The highest BCUT2D eigenvalue weighted by Crippen LogP contribution is 2.36. The molecule has 0 bridgehead atoms. The predicted octanol–water partition coefficient (Wildman–Crippen LogP) is 2.14. The number of hydrogen-bond acceptors (Lipinski definition) is 3. The van der Waals surface area contributed by atoms with Crippen LogP contribution in [0.3, 0.4) is 0 Å². The highest BCUT2D eigenvalue weighted by Gasteiger charge is 2.36.